The topological polar surface area (TPSA) is 79.0 Å². The third-order valence-corrected chi connectivity index (χ3v) is 3.09. The van der Waals surface area contributed by atoms with Gasteiger partial charge in [-0.1, -0.05) is 6.92 Å². The van der Waals surface area contributed by atoms with Gasteiger partial charge in [-0.2, -0.15) is 5.10 Å². The lowest BCUT2D eigenvalue weighted by Crippen LogP contribution is -2.35. The predicted molar refractivity (Wildman–Crippen MR) is 63.8 cm³/mol. The summed E-state index contributed by atoms with van der Waals surface area (Å²) in [5.74, 6) is 0.656. The normalized spacial score (nSPS) is 23.9. The van der Waals surface area contributed by atoms with Crippen LogP contribution >= 0.6 is 0 Å². The van der Waals surface area contributed by atoms with Crippen molar-refractivity contribution in [2.75, 3.05) is 19.0 Å². The Morgan fingerprint density at radius 2 is 2.53 bits per heavy atom. The second kappa shape index (κ2) is 5.29. The molecular formula is C11H18N4O2. The summed E-state index contributed by atoms with van der Waals surface area (Å²) in [7, 11) is 1.66. The molecule has 1 aromatic heterocycles. The number of aromatic nitrogens is 2. The quantitative estimate of drug-likeness (QED) is 0.704. The molecular weight excluding hydrogens is 220 g/mol. The summed E-state index contributed by atoms with van der Waals surface area (Å²) in [5, 5.41) is 12.7. The summed E-state index contributed by atoms with van der Waals surface area (Å²) >= 11 is 0. The highest BCUT2D eigenvalue weighted by Crippen LogP contribution is 2.14. The molecule has 17 heavy (non-hydrogen) atoms. The first kappa shape index (κ1) is 12.1. The van der Waals surface area contributed by atoms with Crippen molar-refractivity contribution in [2.45, 2.75) is 31.9 Å². The number of carbonyl (C=O) groups excluding carboxylic acids is 1. The van der Waals surface area contributed by atoms with E-state index in [-0.39, 0.29) is 18.1 Å². The van der Waals surface area contributed by atoms with E-state index in [4.69, 9.17) is 4.74 Å². The molecule has 0 radical (unpaired) electrons. The number of amides is 1. The van der Waals surface area contributed by atoms with Crippen molar-refractivity contribution in [1.82, 2.24) is 15.5 Å². The lowest BCUT2D eigenvalue weighted by atomic mass is 10.2. The summed E-state index contributed by atoms with van der Waals surface area (Å²) in [6.45, 7) is 2.74. The Hall–Kier alpha value is -1.40. The number of hydrogen-bond donors (Lipinski definition) is 3. The van der Waals surface area contributed by atoms with Gasteiger partial charge >= 0.3 is 0 Å². The van der Waals surface area contributed by atoms with Crippen molar-refractivity contribution in [1.29, 1.82) is 0 Å². The molecule has 2 atom stereocenters. The van der Waals surface area contributed by atoms with Gasteiger partial charge in [0.05, 0.1) is 18.3 Å². The lowest BCUT2D eigenvalue weighted by Gasteiger charge is -2.10. The number of aromatic amines is 1. The van der Waals surface area contributed by atoms with E-state index >= 15 is 0 Å². The Kier molecular flexibility index (Phi) is 3.75. The van der Waals surface area contributed by atoms with Crippen molar-refractivity contribution in [3.8, 4) is 0 Å². The third kappa shape index (κ3) is 2.65. The van der Waals surface area contributed by atoms with Crippen LogP contribution in [0.4, 0.5) is 5.82 Å². The molecule has 1 amide bonds. The molecule has 2 heterocycles. The van der Waals surface area contributed by atoms with E-state index in [2.05, 4.69) is 20.8 Å². The Morgan fingerprint density at radius 1 is 1.71 bits per heavy atom. The van der Waals surface area contributed by atoms with Crippen LogP contribution in [-0.2, 0) is 16.0 Å². The Bertz CT molecular complexity index is 391. The number of methoxy groups -OCH3 is 1. The molecule has 6 nitrogen and oxygen atoms in total. The molecule has 1 fully saturated rings. The Labute approximate surface area is 100 Å². The zero-order valence-corrected chi connectivity index (χ0v) is 10.1. The number of anilines is 1. The van der Waals surface area contributed by atoms with Crippen LogP contribution in [0.15, 0.2) is 6.20 Å². The minimum Gasteiger partial charge on any atom is -0.380 e. The molecule has 2 rings (SSSR count). The first-order valence-corrected chi connectivity index (χ1v) is 5.83. The highest BCUT2D eigenvalue weighted by atomic mass is 16.5. The Balaban J connectivity index is 1.93. The van der Waals surface area contributed by atoms with E-state index in [0.29, 0.717) is 12.2 Å². The van der Waals surface area contributed by atoms with Crippen LogP contribution in [0.5, 0.6) is 0 Å². The summed E-state index contributed by atoms with van der Waals surface area (Å²) in [6, 6.07) is -0.187. The number of carbonyl (C=O) groups is 1. The van der Waals surface area contributed by atoms with Gasteiger partial charge in [-0.25, -0.2) is 0 Å². The van der Waals surface area contributed by atoms with Crippen molar-refractivity contribution in [3.05, 3.63) is 11.8 Å². The van der Waals surface area contributed by atoms with Gasteiger partial charge < -0.3 is 15.4 Å². The van der Waals surface area contributed by atoms with Crippen molar-refractivity contribution in [3.63, 3.8) is 0 Å². The molecule has 0 aromatic carbocycles. The van der Waals surface area contributed by atoms with Crippen LogP contribution < -0.4 is 10.6 Å². The minimum atomic E-state index is -0.187. The van der Waals surface area contributed by atoms with Crippen LogP contribution in [0.2, 0.25) is 0 Å². The van der Waals surface area contributed by atoms with Gasteiger partial charge in [-0.3, -0.25) is 9.89 Å². The SMILES string of the molecule is CCc1cn[nH]c1NC(=O)C1CC(OC)CN1. The van der Waals surface area contributed by atoms with E-state index in [1.165, 1.54) is 0 Å². The fraction of sp³-hybridized carbons (Fsp3) is 0.636. The first-order valence-electron chi connectivity index (χ1n) is 5.83. The van der Waals surface area contributed by atoms with Crippen molar-refractivity contribution >= 4 is 11.7 Å². The average Bonchev–Trinajstić information content (AvgIpc) is 2.96. The number of aryl methyl sites for hydroxylation is 1. The maximum absolute atomic E-state index is 12.0. The fourth-order valence-electron chi connectivity index (χ4n) is 1.98. The van der Waals surface area contributed by atoms with Crippen LogP contribution in [0.3, 0.4) is 0 Å². The monoisotopic (exact) mass is 238 g/mol. The number of nitrogens with zero attached hydrogens (tertiary/aromatic N) is 1. The maximum Gasteiger partial charge on any atom is 0.242 e. The number of H-pyrrole nitrogens is 1. The third-order valence-electron chi connectivity index (χ3n) is 3.09. The van der Waals surface area contributed by atoms with Crippen molar-refractivity contribution < 1.29 is 9.53 Å². The molecule has 1 saturated heterocycles. The van der Waals surface area contributed by atoms with E-state index < -0.39 is 0 Å². The van der Waals surface area contributed by atoms with E-state index in [0.717, 1.165) is 18.5 Å². The van der Waals surface area contributed by atoms with Crippen LogP contribution in [-0.4, -0.2) is 41.9 Å². The predicted octanol–water partition coefficient (Wildman–Crippen LogP) is 0.288. The van der Waals surface area contributed by atoms with Gasteiger partial charge in [0.2, 0.25) is 5.91 Å². The largest absolute Gasteiger partial charge is 0.380 e. The molecule has 0 bridgehead atoms. The maximum atomic E-state index is 12.0. The Morgan fingerprint density at radius 3 is 3.18 bits per heavy atom. The number of nitrogens with one attached hydrogen (secondary N) is 3. The van der Waals surface area contributed by atoms with E-state index in [1.54, 1.807) is 13.3 Å². The lowest BCUT2D eigenvalue weighted by molar-refractivity contribution is -0.118. The van der Waals surface area contributed by atoms with Gasteiger partial charge in [0.15, 0.2) is 0 Å². The second-order valence-electron chi connectivity index (χ2n) is 4.17. The van der Waals surface area contributed by atoms with Crippen LogP contribution in [0, 0.1) is 0 Å². The van der Waals surface area contributed by atoms with Crippen LogP contribution in [0.1, 0.15) is 18.9 Å². The van der Waals surface area contributed by atoms with Gasteiger partial charge in [-0.15, -0.1) is 0 Å². The average molecular weight is 238 g/mol. The zero-order valence-electron chi connectivity index (χ0n) is 10.1. The van der Waals surface area contributed by atoms with E-state index in [9.17, 15) is 4.79 Å². The van der Waals surface area contributed by atoms with Crippen molar-refractivity contribution in [2.24, 2.45) is 0 Å². The summed E-state index contributed by atoms with van der Waals surface area (Å²) in [4.78, 5) is 12.0. The molecule has 6 heteroatoms. The number of rotatable bonds is 4. The highest BCUT2D eigenvalue weighted by Gasteiger charge is 2.29. The highest BCUT2D eigenvalue weighted by molar-refractivity contribution is 5.94. The van der Waals surface area contributed by atoms with Crippen LogP contribution in [0.25, 0.3) is 0 Å². The molecule has 2 unspecified atom stereocenters. The smallest absolute Gasteiger partial charge is 0.242 e. The van der Waals surface area contributed by atoms with Gasteiger partial charge in [0, 0.05) is 19.2 Å². The molecule has 1 aliphatic heterocycles. The number of hydrogen-bond acceptors (Lipinski definition) is 4. The summed E-state index contributed by atoms with van der Waals surface area (Å²) in [5.41, 5.74) is 1.01. The molecule has 94 valence electrons. The van der Waals surface area contributed by atoms with Gasteiger partial charge in [0.1, 0.15) is 5.82 Å². The zero-order chi connectivity index (χ0) is 12.3. The van der Waals surface area contributed by atoms with Gasteiger partial charge in [-0.05, 0) is 12.8 Å². The minimum absolute atomic E-state index is 0.0384. The van der Waals surface area contributed by atoms with E-state index in [1.807, 2.05) is 6.92 Å². The molecule has 0 spiro atoms. The fourth-order valence-corrected chi connectivity index (χ4v) is 1.98. The second-order valence-corrected chi connectivity index (χ2v) is 4.17. The first-order chi connectivity index (χ1) is 8.24. The summed E-state index contributed by atoms with van der Waals surface area (Å²) < 4.78 is 5.21. The standard InChI is InChI=1S/C11H18N4O2/c1-3-7-5-13-15-10(7)14-11(16)9-4-8(17-2)6-12-9/h5,8-9,12H,3-4,6H2,1-2H3,(H2,13,14,15,16). The molecule has 0 saturated carbocycles. The molecule has 3 N–H and O–H groups in total. The molecule has 0 aliphatic carbocycles. The molecule has 1 aliphatic rings. The number of ether oxygens (including phenoxy) is 1. The van der Waals surface area contributed by atoms with Gasteiger partial charge in [0.25, 0.3) is 0 Å². The molecule has 1 aromatic rings. The summed E-state index contributed by atoms with van der Waals surface area (Å²) in [6.07, 6.45) is 3.40.